The predicted molar refractivity (Wildman–Crippen MR) is 128 cm³/mol. The fourth-order valence-corrected chi connectivity index (χ4v) is 6.00. The van der Waals surface area contributed by atoms with Crippen LogP contribution in [0.25, 0.3) is 21.8 Å². The summed E-state index contributed by atoms with van der Waals surface area (Å²) in [6.45, 7) is 1.01. The van der Waals surface area contributed by atoms with Gasteiger partial charge in [0.1, 0.15) is 5.82 Å². The number of rotatable bonds is 5. The number of carbonyl (C=O) groups is 1. The summed E-state index contributed by atoms with van der Waals surface area (Å²) in [5.41, 5.74) is 1.92. The molecule has 1 saturated heterocycles. The molecule has 0 spiro atoms. The highest BCUT2D eigenvalue weighted by Gasteiger charge is 2.32. The van der Waals surface area contributed by atoms with E-state index in [0.29, 0.717) is 37.4 Å². The van der Waals surface area contributed by atoms with E-state index in [1.54, 1.807) is 12.1 Å². The van der Waals surface area contributed by atoms with Gasteiger partial charge in [-0.25, -0.2) is 13.4 Å². The molecule has 1 N–H and O–H groups in total. The number of fused-ring (bicyclic) bond motifs is 2. The normalized spacial score (nSPS) is 15.8. The second-order valence-electron chi connectivity index (χ2n) is 8.48. The fourth-order valence-electron chi connectivity index (χ4n) is 4.50. The Morgan fingerprint density at radius 2 is 1.70 bits per heavy atom. The number of piperidine rings is 1. The van der Waals surface area contributed by atoms with Crippen molar-refractivity contribution in [1.82, 2.24) is 19.2 Å². The van der Waals surface area contributed by atoms with Crippen LogP contribution in [0.5, 0.6) is 0 Å². The molecule has 33 heavy (non-hydrogen) atoms. The molecule has 1 aromatic heterocycles. The second-order valence-corrected chi connectivity index (χ2v) is 10.4. The highest BCUT2D eigenvalue weighted by Crippen LogP contribution is 2.26. The van der Waals surface area contributed by atoms with Crippen LogP contribution in [0, 0.1) is 5.92 Å². The van der Waals surface area contributed by atoms with Crippen LogP contribution in [0.3, 0.4) is 0 Å². The predicted octanol–water partition coefficient (Wildman–Crippen LogP) is 3.44. The molecule has 2 heterocycles. The molecule has 8 heteroatoms. The molecule has 0 atom stereocenters. The molecule has 7 nitrogen and oxygen atoms in total. The summed E-state index contributed by atoms with van der Waals surface area (Å²) in [5.74, 6) is 0.536. The van der Waals surface area contributed by atoms with Crippen LogP contribution >= 0.6 is 0 Å². The van der Waals surface area contributed by atoms with E-state index in [1.165, 1.54) is 4.31 Å². The number of aryl methyl sites for hydroxylation is 1. The standard InChI is InChI=1S/C25H26N4O3S/c1-28-23-9-5-4-8-22(23)27-24(28)17-26-25(30)19-12-14-29(15-13-19)33(31,32)21-11-10-18-6-2-3-7-20(18)16-21/h2-11,16,19H,12-15,17H2,1H3,(H,26,30). The average Bonchev–Trinajstić information content (AvgIpc) is 3.17. The van der Waals surface area contributed by atoms with Gasteiger partial charge in [-0.1, -0.05) is 42.5 Å². The van der Waals surface area contributed by atoms with Gasteiger partial charge in [-0.05, 0) is 47.9 Å². The Labute approximate surface area is 193 Å². The minimum Gasteiger partial charge on any atom is -0.349 e. The average molecular weight is 463 g/mol. The maximum Gasteiger partial charge on any atom is 0.243 e. The Morgan fingerprint density at radius 3 is 2.45 bits per heavy atom. The van der Waals surface area contributed by atoms with Crippen molar-refractivity contribution >= 4 is 37.7 Å². The van der Waals surface area contributed by atoms with Gasteiger partial charge < -0.3 is 9.88 Å². The van der Waals surface area contributed by atoms with Gasteiger partial charge in [0.15, 0.2) is 0 Å². The van der Waals surface area contributed by atoms with Crippen LogP contribution in [-0.2, 0) is 28.4 Å². The van der Waals surface area contributed by atoms with Gasteiger partial charge in [0.05, 0.1) is 22.5 Å². The van der Waals surface area contributed by atoms with Gasteiger partial charge >= 0.3 is 0 Å². The number of sulfonamides is 1. The van der Waals surface area contributed by atoms with Gasteiger partial charge in [-0.3, -0.25) is 4.79 Å². The lowest BCUT2D eigenvalue weighted by Gasteiger charge is -2.30. The number of hydrogen-bond donors (Lipinski definition) is 1. The zero-order chi connectivity index (χ0) is 23.0. The minimum atomic E-state index is -3.59. The van der Waals surface area contributed by atoms with E-state index in [9.17, 15) is 13.2 Å². The molecule has 3 aromatic carbocycles. The largest absolute Gasteiger partial charge is 0.349 e. The number of amides is 1. The number of benzene rings is 3. The molecule has 0 saturated carbocycles. The molecule has 0 radical (unpaired) electrons. The van der Waals surface area contributed by atoms with E-state index < -0.39 is 10.0 Å². The maximum atomic E-state index is 13.2. The van der Waals surface area contributed by atoms with E-state index >= 15 is 0 Å². The van der Waals surface area contributed by atoms with E-state index in [1.807, 2.05) is 66.2 Å². The summed E-state index contributed by atoms with van der Waals surface area (Å²) in [4.78, 5) is 17.6. The summed E-state index contributed by atoms with van der Waals surface area (Å²) in [5, 5.41) is 4.89. The van der Waals surface area contributed by atoms with E-state index in [0.717, 1.165) is 27.6 Å². The molecule has 4 aromatic rings. The van der Waals surface area contributed by atoms with Crippen LogP contribution in [0.1, 0.15) is 18.7 Å². The molecule has 1 fully saturated rings. The van der Waals surface area contributed by atoms with Crippen molar-refractivity contribution < 1.29 is 13.2 Å². The lowest BCUT2D eigenvalue weighted by atomic mass is 9.97. The van der Waals surface area contributed by atoms with Gasteiger partial charge in [-0.2, -0.15) is 4.31 Å². The first-order valence-corrected chi connectivity index (χ1v) is 12.5. The highest BCUT2D eigenvalue weighted by molar-refractivity contribution is 7.89. The molecule has 170 valence electrons. The Morgan fingerprint density at radius 1 is 1.00 bits per heavy atom. The monoisotopic (exact) mass is 462 g/mol. The van der Waals surface area contributed by atoms with Gasteiger partial charge in [0.2, 0.25) is 15.9 Å². The summed E-state index contributed by atoms with van der Waals surface area (Å²) >= 11 is 0. The van der Waals surface area contributed by atoms with Crippen molar-refractivity contribution in [2.45, 2.75) is 24.3 Å². The van der Waals surface area contributed by atoms with Crippen molar-refractivity contribution in [3.05, 3.63) is 72.6 Å². The van der Waals surface area contributed by atoms with Crippen LogP contribution < -0.4 is 5.32 Å². The van der Waals surface area contributed by atoms with Crippen LogP contribution in [0.2, 0.25) is 0 Å². The van der Waals surface area contributed by atoms with Crippen molar-refractivity contribution in [2.24, 2.45) is 13.0 Å². The molecule has 1 aliphatic heterocycles. The Balaban J connectivity index is 1.21. The molecule has 0 aliphatic carbocycles. The second kappa shape index (κ2) is 8.61. The quantitative estimate of drug-likeness (QED) is 0.492. The number of hydrogen-bond acceptors (Lipinski definition) is 4. The van der Waals surface area contributed by atoms with Crippen molar-refractivity contribution in [3.8, 4) is 0 Å². The lowest BCUT2D eigenvalue weighted by Crippen LogP contribution is -2.43. The smallest absolute Gasteiger partial charge is 0.243 e. The van der Waals surface area contributed by atoms with Gasteiger partial charge in [0, 0.05) is 26.1 Å². The van der Waals surface area contributed by atoms with Crippen molar-refractivity contribution in [1.29, 1.82) is 0 Å². The molecule has 1 amide bonds. The molecular weight excluding hydrogens is 436 g/mol. The highest BCUT2D eigenvalue weighted by atomic mass is 32.2. The molecule has 0 bridgehead atoms. The summed E-state index contributed by atoms with van der Waals surface area (Å²) in [7, 11) is -1.65. The summed E-state index contributed by atoms with van der Waals surface area (Å²) in [6, 6.07) is 20.8. The summed E-state index contributed by atoms with van der Waals surface area (Å²) < 4.78 is 29.8. The fraction of sp³-hybridized carbons (Fsp3) is 0.280. The number of nitrogens with zero attached hydrogens (tertiary/aromatic N) is 3. The topological polar surface area (TPSA) is 84.3 Å². The Kier molecular flexibility index (Phi) is 5.64. The minimum absolute atomic E-state index is 0.0511. The first-order valence-electron chi connectivity index (χ1n) is 11.1. The third kappa shape index (κ3) is 4.12. The molecular formula is C25H26N4O3S. The van der Waals surface area contributed by atoms with Gasteiger partial charge in [-0.15, -0.1) is 0 Å². The number of imidazole rings is 1. The number of para-hydroxylation sites is 2. The first kappa shape index (κ1) is 21.6. The third-order valence-electron chi connectivity index (χ3n) is 6.48. The lowest BCUT2D eigenvalue weighted by molar-refractivity contribution is -0.126. The Bertz CT molecular complexity index is 1440. The molecule has 0 unspecified atom stereocenters. The van der Waals surface area contributed by atoms with E-state index in [2.05, 4.69) is 10.3 Å². The number of carbonyl (C=O) groups excluding carboxylic acids is 1. The van der Waals surface area contributed by atoms with E-state index in [4.69, 9.17) is 0 Å². The SMILES string of the molecule is Cn1c(CNC(=O)C2CCN(S(=O)(=O)c3ccc4ccccc4c3)CC2)nc2ccccc21. The number of aromatic nitrogens is 2. The van der Waals surface area contributed by atoms with Crippen LogP contribution in [0.4, 0.5) is 0 Å². The Hall–Kier alpha value is -3.23. The molecule has 5 rings (SSSR count). The van der Waals surface area contributed by atoms with Crippen molar-refractivity contribution in [2.75, 3.05) is 13.1 Å². The van der Waals surface area contributed by atoms with Crippen LogP contribution in [-0.4, -0.2) is 41.3 Å². The maximum absolute atomic E-state index is 13.2. The van der Waals surface area contributed by atoms with Crippen LogP contribution in [0.15, 0.2) is 71.6 Å². The summed E-state index contributed by atoms with van der Waals surface area (Å²) in [6.07, 6.45) is 1.00. The zero-order valence-electron chi connectivity index (χ0n) is 18.4. The van der Waals surface area contributed by atoms with E-state index in [-0.39, 0.29) is 11.8 Å². The number of nitrogens with one attached hydrogen (secondary N) is 1. The third-order valence-corrected chi connectivity index (χ3v) is 8.38. The first-order chi connectivity index (χ1) is 15.9. The zero-order valence-corrected chi connectivity index (χ0v) is 19.3. The molecule has 1 aliphatic rings. The van der Waals surface area contributed by atoms with Gasteiger partial charge in [0.25, 0.3) is 0 Å². The van der Waals surface area contributed by atoms with Crippen molar-refractivity contribution in [3.63, 3.8) is 0 Å².